The summed E-state index contributed by atoms with van der Waals surface area (Å²) in [7, 11) is 0. The van der Waals surface area contributed by atoms with E-state index in [1.807, 2.05) is 36.4 Å². The van der Waals surface area contributed by atoms with Gasteiger partial charge in [0.25, 0.3) is 0 Å². The number of hydrogen-bond donors (Lipinski definition) is 1. The smallest absolute Gasteiger partial charge is 0.212 e. The maximum Gasteiger partial charge on any atom is 0.212 e. The van der Waals surface area contributed by atoms with Gasteiger partial charge < -0.3 is 14.8 Å². The summed E-state index contributed by atoms with van der Waals surface area (Å²) in [6, 6.07) is 18.3. The molecule has 0 fully saturated rings. The molecule has 5 rings (SSSR count). The largest absolute Gasteiger partial charge is 0.486 e. The van der Waals surface area contributed by atoms with Crippen LogP contribution in [0.3, 0.4) is 0 Å². The zero-order chi connectivity index (χ0) is 22.1. The van der Waals surface area contributed by atoms with Crippen molar-refractivity contribution in [3.05, 3.63) is 87.3 Å². The maximum atomic E-state index is 12.7. The van der Waals surface area contributed by atoms with Crippen LogP contribution in [0.5, 0.6) is 11.5 Å². The molecule has 160 valence electrons. The van der Waals surface area contributed by atoms with E-state index in [2.05, 4.69) is 9.69 Å². The van der Waals surface area contributed by atoms with Gasteiger partial charge in [0.2, 0.25) is 5.78 Å². The average Bonchev–Trinajstić information content (AvgIpc) is 3.34. The van der Waals surface area contributed by atoms with E-state index in [1.165, 1.54) is 11.5 Å². The Hall–Kier alpha value is -3.06. The molecule has 3 aromatic carbocycles. The highest BCUT2D eigenvalue weighted by atomic mass is 35.5. The maximum absolute atomic E-state index is 12.7. The number of benzene rings is 3. The third-order valence-electron chi connectivity index (χ3n) is 4.96. The third kappa shape index (κ3) is 4.17. The minimum Gasteiger partial charge on any atom is -0.486 e. The number of hydrogen-bond acceptors (Lipinski definition) is 6. The summed E-state index contributed by atoms with van der Waals surface area (Å²) in [6.07, 6.45) is 0. The van der Waals surface area contributed by atoms with Gasteiger partial charge in [-0.2, -0.15) is 4.37 Å². The van der Waals surface area contributed by atoms with Crippen molar-refractivity contribution in [3.63, 3.8) is 0 Å². The first-order valence-electron chi connectivity index (χ1n) is 9.80. The number of aromatic nitrogens is 1. The fourth-order valence-electron chi connectivity index (χ4n) is 3.49. The molecule has 1 aromatic heterocycles. The Balaban J connectivity index is 1.46. The minimum atomic E-state index is -0.187. The van der Waals surface area contributed by atoms with Crippen molar-refractivity contribution in [3.8, 4) is 22.6 Å². The SMILES string of the molecule is O=C(c1cc(Cl)cc(Nc2cccc(-c3ccc4c(c3)OCCO4)c2Cl)c1)c1ccsn1. The van der Waals surface area contributed by atoms with Crippen LogP contribution in [0.4, 0.5) is 11.4 Å². The molecule has 0 radical (unpaired) electrons. The second-order valence-electron chi connectivity index (χ2n) is 7.09. The number of rotatable bonds is 5. The summed E-state index contributed by atoms with van der Waals surface area (Å²) < 4.78 is 15.4. The highest BCUT2D eigenvalue weighted by molar-refractivity contribution is 7.03. The monoisotopic (exact) mass is 482 g/mol. The zero-order valence-electron chi connectivity index (χ0n) is 16.6. The van der Waals surface area contributed by atoms with E-state index in [0.717, 1.165) is 16.9 Å². The van der Waals surface area contributed by atoms with Crippen LogP contribution in [0.2, 0.25) is 10.0 Å². The Bertz CT molecular complexity index is 1310. The molecule has 0 saturated heterocycles. The number of nitrogens with zero attached hydrogens (tertiary/aromatic N) is 1. The molecular weight excluding hydrogens is 467 g/mol. The standard InChI is InChI=1S/C24H16Cl2N2O3S/c25-16-10-15(24(29)20-6-9-32-28-20)11-17(13-16)27-19-3-1-2-18(23(19)26)14-4-5-21-22(12-14)31-8-7-30-21/h1-6,9-13,27H,7-8H2. The molecule has 0 saturated carbocycles. The van der Waals surface area contributed by atoms with Gasteiger partial charge in [-0.1, -0.05) is 41.4 Å². The van der Waals surface area contributed by atoms with Crippen LogP contribution in [0.25, 0.3) is 11.1 Å². The topological polar surface area (TPSA) is 60.5 Å². The fourth-order valence-corrected chi connectivity index (χ4v) is 4.51. The zero-order valence-corrected chi connectivity index (χ0v) is 18.9. The number of anilines is 2. The fraction of sp³-hybridized carbons (Fsp3) is 0.0833. The Morgan fingerprint density at radius 2 is 1.81 bits per heavy atom. The molecular formula is C24H16Cl2N2O3S. The van der Waals surface area contributed by atoms with E-state index >= 15 is 0 Å². The summed E-state index contributed by atoms with van der Waals surface area (Å²) in [6.45, 7) is 1.06. The first-order valence-corrected chi connectivity index (χ1v) is 11.4. The van der Waals surface area contributed by atoms with E-state index in [-0.39, 0.29) is 5.78 Å². The van der Waals surface area contributed by atoms with Crippen LogP contribution in [0.15, 0.2) is 66.0 Å². The molecule has 2 heterocycles. The molecule has 1 N–H and O–H groups in total. The Labute approximate surface area is 198 Å². The van der Waals surface area contributed by atoms with Crippen LogP contribution < -0.4 is 14.8 Å². The molecule has 0 amide bonds. The van der Waals surface area contributed by atoms with Crippen molar-refractivity contribution in [2.45, 2.75) is 0 Å². The van der Waals surface area contributed by atoms with Gasteiger partial charge in [0.15, 0.2) is 11.5 Å². The lowest BCUT2D eigenvalue weighted by Crippen LogP contribution is -2.15. The number of carbonyl (C=O) groups is 1. The number of fused-ring (bicyclic) bond motifs is 1. The van der Waals surface area contributed by atoms with Crippen LogP contribution >= 0.6 is 34.7 Å². The summed E-state index contributed by atoms with van der Waals surface area (Å²) in [5.41, 5.74) is 3.93. The van der Waals surface area contributed by atoms with Crippen molar-refractivity contribution < 1.29 is 14.3 Å². The first-order chi connectivity index (χ1) is 15.6. The molecule has 0 unspecified atom stereocenters. The van der Waals surface area contributed by atoms with Crippen LogP contribution in [-0.2, 0) is 0 Å². The van der Waals surface area contributed by atoms with Crippen LogP contribution in [0.1, 0.15) is 16.1 Å². The van der Waals surface area contributed by atoms with Crippen LogP contribution in [-0.4, -0.2) is 23.4 Å². The average molecular weight is 483 g/mol. The molecule has 1 aliphatic rings. The van der Waals surface area contributed by atoms with E-state index in [1.54, 1.807) is 29.6 Å². The summed E-state index contributed by atoms with van der Waals surface area (Å²) in [5, 5.41) is 6.02. The molecule has 8 heteroatoms. The molecule has 32 heavy (non-hydrogen) atoms. The van der Waals surface area contributed by atoms with Gasteiger partial charge >= 0.3 is 0 Å². The number of ketones is 1. The van der Waals surface area contributed by atoms with Gasteiger partial charge in [-0.3, -0.25) is 4.79 Å². The van der Waals surface area contributed by atoms with E-state index < -0.39 is 0 Å². The number of halogens is 2. The van der Waals surface area contributed by atoms with Crippen molar-refractivity contribution in [1.29, 1.82) is 0 Å². The molecule has 1 aliphatic heterocycles. The quantitative estimate of drug-likeness (QED) is 0.314. The molecule has 0 spiro atoms. The Kier molecular flexibility index (Phi) is 5.74. The Morgan fingerprint density at radius 3 is 2.62 bits per heavy atom. The predicted octanol–water partition coefficient (Wildman–Crippen LogP) is 6.86. The Morgan fingerprint density at radius 1 is 0.969 bits per heavy atom. The van der Waals surface area contributed by atoms with Crippen molar-refractivity contribution in [2.75, 3.05) is 18.5 Å². The summed E-state index contributed by atoms with van der Waals surface area (Å²) in [5.74, 6) is 1.23. The van der Waals surface area contributed by atoms with Crippen molar-refractivity contribution >= 4 is 51.9 Å². The lowest BCUT2D eigenvalue weighted by atomic mass is 10.0. The molecule has 0 bridgehead atoms. The second-order valence-corrected chi connectivity index (χ2v) is 8.57. The molecule has 5 nitrogen and oxygen atoms in total. The van der Waals surface area contributed by atoms with Gasteiger partial charge in [-0.05, 0) is 59.6 Å². The first kappa shape index (κ1) is 20.8. The normalized spacial score (nSPS) is 12.4. The summed E-state index contributed by atoms with van der Waals surface area (Å²) >= 11 is 14.3. The van der Waals surface area contributed by atoms with Crippen molar-refractivity contribution in [1.82, 2.24) is 4.37 Å². The van der Waals surface area contributed by atoms with E-state index in [4.69, 9.17) is 32.7 Å². The van der Waals surface area contributed by atoms with Gasteiger partial charge in [-0.25, -0.2) is 0 Å². The number of carbonyl (C=O) groups excluding carboxylic acids is 1. The second kappa shape index (κ2) is 8.82. The van der Waals surface area contributed by atoms with Gasteiger partial charge in [0, 0.05) is 27.2 Å². The molecule has 0 atom stereocenters. The lowest BCUT2D eigenvalue weighted by Gasteiger charge is -2.19. The molecule has 0 aliphatic carbocycles. The molecule has 4 aromatic rings. The van der Waals surface area contributed by atoms with Crippen molar-refractivity contribution in [2.24, 2.45) is 0 Å². The van der Waals surface area contributed by atoms with Gasteiger partial charge in [0.1, 0.15) is 18.9 Å². The van der Waals surface area contributed by atoms with E-state index in [9.17, 15) is 4.79 Å². The highest BCUT2D eigenvalue weighted by Crippen LogP contribution is 2.40. The van der Waals surface area contributed by atoms with Crippen LogP contribution in [0, 0.1) is 0 Å². The van der Waals surface area contributed by atoms with Gasteiger partial charge in [0.05, 0.1) is 10.7 Å². The third-order valence-corrected chi connectivity index (χ3v) is 6.15. The number of ether oxygens (including phenoxy) is 2. The van der Waals surface area contributed by atoms with E-state index in [0.29, 0.717) is 51.6 Å². The minimum absolute atomic E-state index is 0.187. The highest BCUT2D eigenvalue weighted by Gasteiger charge is 2.16. The predicted molar refractivity (Wildman–Crippen MR) is 128 cm³/mol. The van der Waals surface area contributed by atoms with Gasteiger partial charge in [-0.15, -0.1) is 0 Å². The number of nitrogens with one attached hydrogen (secondary N) is 1. The lowest BCUT2D eigenvalue weighted by molar-refractivity contribution is 0.103. The summed E-state index contributed by atoms with van der Waals surface area (Å²) in [4.78, 5) is 12.7.